The third-order valence-corrected chi connectivity index (χ3v) is 15.6. The molecule has 290 valence electrons. The summed E-state index contributed by atoms with van der Waals surface area (Å²) in [5.41, 5.74) is 1.62. The highest BCUT2D eigenvalue weighted by atomic mass is 16.8. The van der Waals surface area contributed by atoms with Crippen LogP contribution >= 0.6 is 0 Å². The van der Waals surface area contributed by atoms with Gasteiger partial charge in [0, 0.05) is 12.3 Å². The van der Waals surface area contributed by atoms with Crippen molar-refractivity contribution in [2.24, 2.45) is 46.3 Å². The first-order chi connectivity index (χ1) is 24.2. The van der Waals surface area contributed by atoms with Crippen molar-refractivity contribution >= 4 is 0 Å². The van der Waals surface area contributed by atoms with E-state index in [1.54, 1.807) is 0 Å². The molecule has 8 aliphatic rings. The van der Waals surface area contributed by atoms with Crippen molar-refractivity contribution in [3.8, 4) is 0 Å². The number of aliphatic hydroxyl groups excluding tert-OH is 6. The first kappa shape index (κ1) is 37.2. The van der Waals surface area contributed by atoms with Crippen molar-refractivity contribution in [1.82, 2.24) is 0 Å². The van der Waals surface area contributed by atoms with E-state index in [1.165, 1.54) is 31.8 Å². The average molecular weight is 723 g/mol. The van der Waals surface area contributed by atoms with Crippen molar-refractivity contribution in [1.29, 1.82) is 0 Å². The molecule has 12 nitrogen and oxygen atoms in total. The number of rotatable bonds is 5. The molecule has 0 radical (unpaired) electrons. The van der Waals surface area contributed by atoms with Crippen LogP contribution in [0.4, 0.5) is 0 Å². The molecule has 21 atom stereocenters. The molecule has 51 heavy (non-hydrogen) atoms. The molecule has 4 heterocycles. The van der Waals surface area contributed by atoms with Gasteiger partial charge < -0.3 is 59.1 Å². The quantitative estimate of drug-likeness (QED) is 0.229. The van der Waals surface area contributed by atoms with Crippen LogP contribution in [0.2, 0.25) is 0 Å². The molecule has 0 aromatic rings. The number of allylic oxidation sites excluding steroid dienone is 1. The minimum Gasteiger partial charge on any atom is -0.394 e. The maximum absolute atomic E-state index is 11.1. The lowest BCUT2D eigenvalue weighted by Crippen LogP contribution is -2.64. The number of fused-ring (bicyclic) bond motifs is 7. The summed E-state index contributed by atoms with van der Waals surface area (Å²) < 4.78 is 37.6. The topological polar surface area (TPSA) is 177 Å². The van der Waals surface area contributed by atoms with Crippen LogP contribution in [0.25, 0.3) is 0 Å². The SMILES string of the molecule is C[C@@H]1CC[C@@]2(OC1)O[C@H]1C[C@@H]3[C@H](CC[C@H]4[C@@]3(C)CC=C3C[C@@H](O[C@@H]5O[C@H](CO)[C@@H](O)[C@H](O)[C@H]5O[C@@H]5O[C@@H](C)[C@H](O)[C@@H](O)[C@H]5O)CC[C@@]34C)[C@H]1[C@@H]2C. The van der Waals surface area contributed by atoms with Gasteiger partial charge >= 0.3 is 0 Å². The Morgan fingerprint density at radius 3 is 2.35 bits per heavy atom. The molecule has 3 saturated carbocycles. The lowest BCUT2D eigenvalue weighted by Gasteiger charge is -2.61. The second kappa shape index (κ2) is 13.5. The first-order valence-electron chi connectivity index (χ1n) is 19.8. The Morgan fingerprint density at radius 2 is 1.63 bits per heavy atom. The second-order valence-electron chi connectivity index (χ2n) is 18.3. The summed E-state index contributed by atoms with van der Waals surface area (Å²) in [4.78, 5) is 0. The fourth-order valence-corrected chi connectivity index (χ4v) is 12.5. The lowest BCUT2D eigenvalue weighted by molar-refractivity contribution is -0.369. The van der Waals surface area contributed by atoms with E-state index < -0.39 is 73.8 Å². The molecular formula is C39H62O12. The molecule has 12 heteroatoms. The zero-order valence-electron chi connectivity index (χ0n) is 30.9. The minimum atomic E-state index is -1.61. The van der Waals surface area contributed by atoms with E-state index >= 15 is 0 Å². The predicted octanol–water partition coefficient (Wildman–Crippen LogP) is 2.39. The summed E-state index contributed by atoms with van der Waals surface area (Å²) in [7, 11) is 0. The van der Waals surface area contributed by atoms with Crippen LogP contribution in [0.5, 0.6) is 0 Å². The van der Waals surface area contributed by atoms with Gasteiger partial charge in [-0.25, -0.2) is 0 Å². The minimum absolute atomic E-state index is 0.0334. The fraction of sp³-hybridized carbons (Fsp3) is 0.949. The highest BCUT2D eigenvalue weighted by Crippen LogP contribution is 2.70. The fourth-order valence-electron chi connectivity index (χ4n) is 12.5. The van der Waals surface area contributed by atoms with E-state index in [1.807, 2.05) is 0 Å². The summed E-state index contributed by atoms with van der Waals surface area (Å²) in [6.07, 6.45) is -1.69. The molecule has 4 saturated heterocycles. The molecular weight excluding hydrogens is 660 g/mol. The average Bonchev–Trinajstić information content (AvgIpc) is 3.60. The molecule has 0 aromatic heterocycles. The van der Waals surface area contributed by atoms with E-state index in [0.29, 0.717) is 41.9 Å². The number of ether oxygens (including phenoxy) is 6. The Balaban J connectivity index is 0.968. The van der Waals surface area contributed by atoms with E-state index in [4.69, 9.17) is 28.4 Å². The summed E-state index contributed by atoms with van der Waals surface area (Å²) in [6.45, 7) is 11.5. The van der Waals surface area contributed by atoms with E-state index in [2.05, 4.69) is 33.8 Å². The zero-order chi connectivity index (χ0) is 36.2. The normalized spacial score (nSPS) is 58.4. The van der Waals surface area contributed by atoms with Crippen LogP contribution < -0.4 is 0 Å². The van der Waals surface area contributed by atoms with Crippen LogP contribution in [-0.2, 0) is 28.4 Å². The molecule has 7 fully saturated rings. The van der Waals surface area contributed by atoms with Gasteiger partial charge in [0.2, 0.25) is 0 Å². The summed E-state index contributed by atoms with van der Waals surface area (Å²) in [5.74, 6) is 3.01. The van der Waals surface area contributed by atoms with Crippen molar-refractivity contribution in [3.05, 3.63) is 11.6 Å². The van der Waals surface area contributed by atoms with Crippen LogP contribution in [0.1, 0.15) is 92.4 Å². The molecule has 8 rings (SSSR count). The Labute approximate surface area is 301 Å². The maximum Gasteiger partial charge on any atom is 0.187 e. The van der Waals surface area contributed by atoms with Crippen LogP contribution in [0.3, 0.4) is 0 Å². The monoisotopic (exact) mass is 722 g/mol. The second-order valence-corrected chi connectivity index (χ2v) is 18.3. The maximum atomic E-state index is 11.1. The van der Waals surface area contributed by atoms with Crippen molar-refractivity contribution in [2.75, 3.05) is 13.2 Å². The molecule has 0 bridgehead atoms. The summed E-state index contributed by atoms with van der Waals surface area (Å²) >= 11 is 0. The van der Waals surface area contributed by atoms with Gasteiger partial charge in [-0.05, 0) is 98.7 Å². The van der Waals surface area contributed by atoms with Gasteiger partial charge in [-0.2, -0.15) is 0 Å². The Bertz CT molecular complexity index is 1300. The smallest absolute Gasteiger partial charge is 0.187 e. The largest absolute Gasteiger partial charge is 0.394 e. The van der Waals surface area contributed by atoms with Crippen LogP contribution in [0, 0.1) is 46.3 Å². The van der Waals surface area contributed by atoms with E-state index in [0.717, 1.165) is 38.7 Å². The number of aliphatic hydroxyl groups is 6. The number of hydrogen-bond donors (Lipinski definition) is 6. The van der Waals surface area contributed by atoms with Crippen LogP contribution in [0.15, 0.2) is 11.6 Å². The molecule has 6 N–H and O–H groups in total. The van der Waals surface area contributed by atoms with E-state index in [9.17, 15) is 30.6 Å². The van der Waals surface area contributed by atoms with Gasteiger partial charge in [0.15, 0.2) is 18.4 Å². The first-order valence-corrected chi connectivity index (χ1v) is 19.8. The Kier molecular flexibility index (Phi) is 9.83. The van der Waals surface area contributed by atoms with Crippen molar-refractivity contribution in [2.45, 2.75) is 172 Å². The molecule has 4 aliphatic heterocycles. The van der Waals surface area contributed by atoms with Gasteiger partial charge in [-0.1, -0.05) is 39.3 Å². The van der Waals surface area contributed by atoms with Gasteiger partial charge in [0.05, 0.1) is 31.5 Å². The molecule has 4 aliphatic carbocycles. The molecule has 0 unspecified atom stereocenters. The highest BCUT2D eigenvalue weighted by molar-refractivity contribution is 5.28. The third kappa shape index (κ3) is 5.84. The van der Waals surface area contributed by atoms with Gasteiger partial charge in [-0.15, -0.1) is 0 Å². The predicted molar refractivity (Wildman–Crippen MR) is 182 cm³/mol. The summed E-state index contributed by atoms with van der Waals surface area (Å²) in [5, 5.41) is 62.9. The van der Waals surface area contributed by atoms with Crippen LogP contribution in [-0.4, -0.2) is 123 Å². The van der Waals surface area contributed by atoms with E-state index in [-0.39, 0.29) is 23.0 Å². The standard InChI is InChI=1S/C39H62O12/c1-18-8-13-39(46-17-18)19(2)28-23-6-7-27-37(4)12-10-22(14-21(37)9-11-38(27,5)24(23)15-25(28)51-39)48-36-34(32(44)30(42)26(16-40)49-36)50-35-33(45)31(43)29(41)20(3)47-35/h9,18-20,22-36,40-45H,6-8,10-17H2,1-5H3/t18-,19+,20+,22+,23+,24-,25+,26-,27-,28-,29+,30-,31-,32+,33-,34-,35+,36-,37+,38+,39-/m1/s1. The summed E-state index contributed by atoms with van der Waals surface area (Å²) in [6, 6.07) is 0. The highest BCUT2D eigenvalue weighted by Gasteiger charge is 2.67. The Hall–Kier alpha value is -0.740. The lowest BCUT2D eigenvalue weighted by atomic mass is 9.44. The molecule has 1 spiro atoms. The Morgan fingerprint density at radius 1 is 0.843 bits per heavy atom. The molecule has 0 amide bonds. The van der Waals surface area contributed by atoms with Crippen molar-refractivity contribution in [3.63, 3.8) is 0 Å². The van der Waals surface area contributed by atoms with Crippen molar-refractivity contribution < 1.29 is 59.1 Å². The number of hydrogen-bond acceptors (Lipinski definition) is 12. The van der Waals surface area contributed by atoms with Gasteiger partial charge in [0.25, 0.3) is 0 Å². The van der Waals surface area contributed by atoms with Gasteiger partial charge in [-0.3, -0.25) is 0 Å². The zero-order valence-corrected chi connectivity index (χ0v) is 30.9. The third-order valence-electron chi connectivity index (χ3n) is 15.6. The molecule has 0 aromatic carbocycles. The van der Waals surface area contributed by atoms with Gasteiger partial charge in [0.1, 0.15) is 42.7 Å².